The Balaban J connectivity index is 1.88. The van der Waals surface area contributed by atoms with Crippen molar-refractivity contribution < 1.29 is 9.21 Å². The number of aromatic nitrogens is 1. The summed E-state index contributed by atoms with van der Waals surface area (Å²) >= 11 is 0. The van der Waals surface area contributed by atoms with Gasteiger partial charge in [0.25, 0.3) is 5.91 Å². The first-order valence-electron chi connectivity index (χ1n) is 7.15. The van der Waals surface area contributed by atoms with Crippen LogP contribution in [0.2, 0.25) is 0 Å². The Morgan fingerprint density at radius 2 is 2.05 bits per heavy atom. The van der Waals surface area contributed by atoms with Crippen LogP contribution in [0.3, 0.4) is 0 Å². The van der Waals surface area contributed by atoms with Gasteiger partial charge in [0.1, 0.15) is 5.76 Å². The first kappa shape index (κ1) is 13.0. The van der Waals surface area contributed by atoms with Crippen molar-refractivity contribution in [2.24, 2.45) is 0 Å². The molecule has 20 heavy (non-hydrogen) atoms. The molecule has 0 unspecified atom stereocenters. The lowest BCUT2D eigenvalue weighted by molar-refractivity contribution is 0.0792. The van der Waals surface area contributed by atoms with Gasteiger partial charge in [0.2, 0.25) is 0 Å². The first-order chi connectivity index (χ1) is 9.66. The van der Waals surface area contributed by atoms with E-state index >= 15 is 0 Å². The lowest BCUT2D eigenvalue weighted by Gasteiger charge is -2.15. The molecule has 106 valence electrons. The van der Waals surface area contributed by atoms with E-state index in [1.54, 1.807) is 6.26 Å². The number of furan rings is 1. The highest BCUT2D eigenvalue weighted by Gasteiger charge is 2.23. The second kappa shape index (κ2) is 5.19. The number of aryl methyl sites for hydroxylation is 1. The topological polar surface area (TPSA) is 38.4 Å². The largest absolute Gasteiger partial charge is 0.467 e. The summed E-state index contributed by atoms with van der Waals surface area (Å²) in [5.74, 6) is 1.08. The maximum absolute atomic E-state index is 12.5. The number of hydrogen-bond donors (Lipinski definition) is 0. The highest BCUT2D eigenvalue weighted by Crippen LogP contribution is 2.21. The fourth-order valence-corrected chi connectivity index (χ4v) is 2.91. The number of likely N-dealkylation sites (tertiary alicyclic amines) is 1. The molecule has 2 aromatic rings. The van der Waals surface area contributed by atoms with Gasteiger partial charge in [-0.1, -0.05) is 0 Å². The third kappa shape index (κ3) is 2.26. The Labute approximate surface area is 119 Å². The molecule has 0 N–H and O–H groups in total. The van der Waals surface area contributed by atoms with Gasteiger partial charge in [-0.25, -0.2) is 0 Å². The molecular weight excluding hydrogens is 252 g/mol. The molecule has 1 aliphatic rings. The average molecular weight is 272 g/mol. The van der Waals surface area contributed by atoms with Crippen molar-refractivity contribution in [3.63, 3.8) is 0 Å². The molecule has 0 aliphatic carbocycles. The minimum atomic E-state index is 0.168. The number of amides is 1. The van der Waals surface area contributed by atoms with E-state index in [2.05, 4.69) is 4.57 Å². The second-order valence-corrected chi connectivity index (χ2v) is 5.45. The summed E-state index contributed by atoms with van der Waals surface area (Å²) in [5.41, 5.74) is 2.95. The summed E-state index contributed by atoms with van der Waals surface area (Å²) in [5, 5.41) is 0. The molecule has 0 bridgehead atoms. The van der Waals surface area contributed by atoms with E-state index in [9.17, 15) is 4.79 Å². The molecule has 4 nitrogen and oxygen atoms in total. The zero-order chi connectivity index (χ0) is 14.1. The summed E-state index contributed by atoms with van der Waals surface area (Å²) in [6.07, 6.45) is 3.92. The lowest BCUT2D eigenvalue weighted by Crippen LogP contribution is -2.28. The average Bonchev–Trinajstić information content (AvgIpc) is 3.15. The van der Waals surface area contributed by atoms with E-state index in [1.165, 1.54) is 0 Å². The Bertz CT molecular complexity index is 605. The normalized spacial score (nSPS) is 15.0. The van der Waals surface area contributed by atoms with Gasteiger partial charge in [0.05, 0.1) is 18.4 Å². The molecule has 3 heterocycles. The Morgan fingerprint density at radius 3 is 2.70 bits per heavy atom. The molecule has 2 aromatic heterocycles. The number of hydrogen-bond acceptors (Lipinski definition) is 2. The Kier molecular flexibility index (Phi) is 3.38. The highest BCUT2D eigenvalue weighted by atomic mass is 16.3. The van der Waals surface area contributed by atoms with Crippen LogP contribution in [0.5, 0.6) is 0 Å². The molecule has 0 spiro atoms. The van der Waals surface area contributed by atoms with Crippen molar-refractivity contribution in [3.05, 3.63) is 47.2 Å². The van der Waals surface area contributed by atoms with Gasteiger partial charge in [0.15, 0.2) is 0 Å². The zero-order valence-electron chi connectivity index (χ0n) is 12.1. The zero-order valence-corrected chi connectivity index (χ0v) is 12.1. The van der Waals surface area contributed by atoms with Gasteiger partial charge in [-0.2, -0.15) is 0 Å². The molecule has 4 heteroatoms. The van der Waals surface area contributed by atoms with Crippen LogP contribution in [0, 0.1) is 13.8 Å². The van der Waals surface area contributed by atoms with E-state index in [0.717, 1.165) is 48.6 Å². The molecular formula is C16H20N2O2. The summed E-state index contributed by atoms with van der Waals surface area (Å²) in [6, 6.07) is 5.85. The third-order valence-corrected chi connectivity index (χ3v) is 4.09. The van der Waals surface area contributed by atoms with Crippen molar-refractivity contribution in [1.82, 2.24) is 9.47 Å². The minimum Gasteiger partial charge on any atom is -0.467 e. The Hall–Kier alpha value is -1.97. The number of carbonyl (C=O) groups excluding carboxylic acids is 1. The number of carbonyl (C=O) groups is 1. The maximum Gasteiger partial charge on any atom is 0.255 e. The summed E-state index contributed by atoms with van der Waals surface area (Å²) in [6.45, 7) is 6.51. The van der Waals surface area contributed by atoms with Gasteiger partial charge in [-0.15, -0.1) is 0 Å². The predicted molar refractivity (Wildman–Crippen MR) is 76.9 cm³/mol. The highest BCUT2D eigenvalue weighted by molar-refractivity contribution is 5.95. The van der Waals surface area contributed by atoms with Crippen molar-refractivity contribution in [1.29, 1.82) is 0 Å². The second-order valence-electron chi connectivity index (χ2n) is 5.45. The van der Waals surface area contributed by atoms with Gasteiger partial charge < -0.3 is 13.9 Å². The van der Waals surface area contributed by atoms with Crippen LogP contribution in [-0.2, 0) is 6.54 Å². The molecule has 1 aliphatic heterocycles. The molecule has 0 atom stereocenters. The number of nitrogens with zero attached hydrogens (tertiary/aromatic N) is 2. The van der Waals surface area contributed by atoms with E-state index < -0.39 is 0 Å². The van der Waals surface area contributed by atoms with Gasteiger partial charge in [-0.3, -0.25) is 4.79 Å². The van der Waals surface area contributed by atoms with Crippen LogP contribution in [-0.4, -0.2) is 28.5 Å². The van der Waals surface area contributed by atoms with Crippen LogP contribution in [0.4, 0.5) is 0 Å². The third-order valence-electron chi connectivity index (χ3n) is 4.09. The molecule has 1 amide bonds. The standard InChI is InChI=1S/C16H20N2O2/c1-12-10-15(16(19)17-7-3-4-8-17)13(2)18(12)11-14-6-5-9-20-14/h5-6,9-10H,3-4,7-8,11H2,1-2H3. The smallest absolute Gasteiger partial charge is 0.255 e. The van der Waals surface area contributed by atoms with Crippen LogP contribution in [0.15, 0.2) is 28.9 Å². The monoisotopic (exact) mass is 272 g/mol. The first-order valence-corrected chi connectivity index (χ1v) is 7.15. The predicted octanol–water partition coefficient (Wildman–Crippen LogP) is 2.98. The Morgan fingerprint density at radius 1 is 1.30 bits per heavy atom. The van der Waals surface area contributed by atoms with Crippen molar-refractivity contribution in [2.45, 2.75) is 33.2 Å². The lowest BCUT2D eigenvalue weighted by atomic mass is 10.2. The summed E-state index contributed by atoms with van der Waals surface area (Å²) in [4.78, 5) is 14.5. The molecule has 1 fully saturated rings. The van der Waals surface area contributed by atoms with Crippen molar-refractivity contribution in [3.8, 4) is 0 Å². The van der Waals surface area contributed by atoms with Crippen LogP contribution < -0.4 is 0 Å². The van der Waals surface area contributed by atoms with Gasteiger partial charge >= 0.3 is 0 Å². The van der Waals surface area contributed by atoms with Gasteiger partial charge in [0, 0.05) is 24.5 Å². The molecule has 3 rings (SSSR count). The van der Waals surface area contributed by atoms with Crippen LogP contribution >= 0.6 is 0 Å². The molecule has 0 radical (unpaired) electrons. The van der Waals surface area contributed by atoms with E-state index in [1.807, 2.05) is 36.9 Å². The molecule has 0 saturated carbocycles. The molecule has 1 saturated heterocycles. The van der Waals surface area contributed by atoms with E-state index in [-0.39, 0.29) is 5.91 Å². The quantitative estimate of drug-likeness (QED) is 0.861. The fourth-order valence-electron chi connectivity index (χ4n) is 2.91. The fraction of sp³-hybridized carbons (Fsp3) is 0.438. The number of rotatable bonds is 3. The van der Waals surface area contributed by atoms with Crippen LogP contribution in [0.1, 0.15) is 40.3 Å². The summed E-state index contributed by atoms with van der Waals surface area (Å²) in [7, 11) is 0. The maximum atomic E-state index is 12.5. The van der Waals surface area contributed by atoms with Gasteiger partial charge in [-0.05, 0) is 44.9 Å². The van der Waals surface area contributed by atoms with Crippen LogP contribution in [0.25, 0.3) is 0 Å². The SMILES string of the molecule is Cc1cc(C(=O)N2CCCC2)c(C)n1Cc1ccco1. The van der Waals surface area contributed by atoms with E-state index in [4.69, 9.17) is 4.42 Å². The summed E-state index contributed by atoms with van der Waals surface area (Å²) < 4.78 is 7.54. The van der Waals surface area contributed by atoms with Crippen molar-refractivity contribution >= 4 is 5.91 Å². The van der Waals surface area contributed by atoms with Crippen molar-refractivity contribution in [2.75, 3.05) is 13.1 Å². The minimum absolute atomic E-state index is 0.168. The molecule has 0 aromatic carbocycles. The van der Waals surface area contributed by atoms with E-state index in [0.29, 0.717) is 6.54 Å².